The monoisotopic (exact) mass is 243 g/mol. The quantitative estimate of drug-likeness (QED) is 0.780. The van der Waals surface area contributed by atoms with Gasteiger partial charge in [0, 0.05) is 18.5 Å². The van der Waals surface area contributed by atoms with Gasteiger partial charge in [0.25, 0.3) is 0 Å². The van der Waals surface area contributed by atoms with E-state index < -0.39 is 11.4 Å². The predicted octanol–water partition coefficient (Wildman–Crippen LogP) is 1.88. The van der Waals surface area contributed by atoms with Crippen molar-refractivity contribution in [3.63, 3.8) is 0 Å². The molecule has 1 unspecified atom stereocenters. The molecular weight excluding hydrogens is 226 g/mol. The second-order valence-electron chi connectivity index (χ2n) is 4.71. The number of benzene rings is 1. The smallest absolute Gasteiger partial charge is 0.311 e. The van der Waals surface area contributed by atoms with Crippen molar-refractivity contribution < 1.29 is 9.90 Å². The molecule has 0 radical (unpaired) electrons. The molecule has 0 saturated carbocycles. The zero-order valence-corrected chi connectivity index (χ0v) is 10.3. The number of carboxylic acid groups (broad SMARTS) is 1. The molecule has 94 valence electrons. The van der Waals surface area contributed by atoms with E-state index in [2.05, 4.69) is 17.2 Å². The molecular formula is C15H17NO2. The maximum absolute atomic E-state index is 11.4. The van der Waals surface area contributed by atoms with Gasteiger partial charge in [-0.25, -0.2) is 0 Å². The van der Waals surface area contributed by atoms with Crippen molar-refractivity contribution >= 4 is 5.97 Å². The van der Waals surface area contributed by atoms with E-state index in [9.17, 15) is 9.90 Å². The van der Waals surface area contributed by atoms with Crippen molar-refractivity contribution in [1.29, 1.82) is 0 Å². The molecule has 1 aliphatic rings. The zero-order valence-electron chi connectivity index (χ0n) is 10.3. The summed E-state index contributed by atoms with van der Waals surface area (Å²) in [7, 11) is 0. The molecule has 0 bridgehead atoms. The summed E-state index contributed by atoms with van der Waals surface area (Å²) in [6.45, 7) is 1.42. The molecule has 3 heteroatoms. The molecule has 2 rings (SSSR count). The molecule has 0 aliphatic carbocycles. The average Bonchev–Trinajstić information content (AvgIpc) is 2.41. The van der Waals surface area contributed by atoms with Crippen molar-refractivity contribution in [1.82, 2.24) is 5.32 Å². The molecule has 1 heterocycles. The fourth-order valence-electron chi connectivity index (χ4n) is 2.21. The molecule has 3 nitrogen and oxygen atoms in total. The van der Waals surface area contributed by atoms with E-state index in [1.807, 2.05) is 30.3 Å². The molecule has 1 aromatic carbocycles. The lowest BCUT2D eigenvalue weighted by atomic mass is 9.78. The summed E-state index contributed by atoms with van der Waals surface area (Å²) in [4.78, 5) is 11.4. The fraction of sp³-hybridized carbons (Fsp3) is 0.400. The normalized spacial score (nSPS) is 22.9. The Labute approximate surface area is 107 Å². The molecule has 1 fully saturated rings. The summed E-state index contributed by atoms with van der Waals surface area (Å²) in [5, 5.41) is 12.5. The second-order valence-corrected chi connectivity index (χ2v) is 4.71. The van der Waals surface area contributed by atoms with Gasteiger partial charge in [0.2, 0.25) is 0 Å². The summed E-state index contributed by atoms with van der Waals surface area (Å²) < 4.78 is 0. The Morgan fingerprint density at radius 2 is 2.17 bits per heavy atom. The maximum atomic E-state index is 11.4. The van der Waals surface area contributed by atoms with E-state index in [1.54, 1.807) is 0 Å². The Hall–Kier alpha value is -1.79. The Morgan fingerprint density at radius 3 is 2.78 bits per heavy atom. The van der Waals surface area contributed by atoms with E-state index in [1.165, 1.54) is 0 Å². The van der Waals surface area contributed by atoms with Crippen LogP contribution in [0.2, 0.25) is 0 Å². The van der Waals surface area contributed by atoms with Gasteiger partial charge in [-0.3, -0.25) is 4.79 Å². The molecule has 2 N–H and O–H groups in total. The molecule has 1 atom stereocenters. The Bertz CT molecular complexity index is 464. The van der Waals surface area contributed by atoms with Gasteiger partial charge in [0.15, 0.2) is 0 Å². The van der Waals surface area contributed by atoms with Crippen LogP contribution >= 0.6 is 0 Å². The number of hydrogen-bond donors (Lipinski definition) is 2. The SMILES string of the molecule is O=C(O)C1(CC#Cc2ccccc2)CCCNC1. The highest BCUT2D eigenvalue weighted by molar-refractivity contribution is 5.75. The number of carboxylic acids is 1. The van der Waals surface area contributed by atoms with Gasteiger partial charge < -0.3 is 10.4 Å². The van der Waals surface area contributed by atoms with Crippen LogP contribution in [0, 0.1) is 17.3 Å². The van der Waals surface area contributed by atoms with Crippen LogP contribution in [0.4, 0.5) is 0 Å². The zero-order chi connectivity index (χ0) is 12.8. The molecule has 18 heavy (non-hydrogen) atoms. The minimum atomic E-state index is -0.739. The Balaban J connectivity index is 2.07. The lowest BCUT2D eigenvalue weighted by molar-refractivity contribution is -0.149. The third-order valence-electron chi connectivity index (χ3n) is 3.36. The Kier molecular flexibility index (Phi) is 4.01. The van der Waals surface area contributed by atoms with Gasteiger partial charge >= 0.3 is 5.97 Å². The molecule has 0 amide bonds. The molecule has 0 spiro atoms. The fourth-order valence-corrected chi connectivity index (χ4v) is 2.21. The van der Waals surface area contributed by atoms with Gasteiger partial charge in [0.05, 0.1) is 5.41 Å². The second kappa shape index (κ2) is 5.70. The molecule has 1 aromatic rings. The number of piperidine rings is 1. The van der Waals surface area contributed by atoms with E-state index in [0.717, 1.165) is 18.5 Å². The average molecular weight is 243 g/mol. The number of hydrogen-bond acceptors (Lipinski definition) is 2. The van der Waals surface area contributed by atoms with Crippen LogP contribution in [0.25, 0.3) is 0 Å². The number of aliphatic carboxylic acids is 1. The first-order valence-electron chi connectivity index (χ1n) is 6.21. The van der Waals surface area contributed by atoms with E-state index in [0.29, 0.717) is 19.4 Å². The lowest BCUT2D eigenvalue weighted by Crippen LogP contribution is -2.45. The summed E-state index contributed by atoms with van der Waals surface area (Å²) >= 11 is 0. The highest BCUT2D eigenvalue weighted by atomic mass is 16.4. The van der Waals surface area contributed by atoms with E-state index in [-0.39, 0.29) is 0 Å². The molecule has 0 aromatic heterocycles. The van der Waals surface area contributed by atoms with Crippen LogP contribution in [-0.4, -0.2) is 24.2 Å². The summed E-state index contributed by atoms with van der Waals surface area (Å²) in [5.74, 6) is 5.31. The van der Waals surface area contributed by atoms with Crippen LogP contribution in [0.3, 0.4) is 0 Å². The van der Waals surface area contributed by atoms with Crippen LogP contribution in [-0.2, 0) is 4.79 Å². The number of rotatable bonds is 2. The van der Waals surface area contributed by atoms with Crippen LogP contribution in [0.1, 0.15) is 24.8 Å². The maximum Gasteiger partial charge on any atom is 0.311 e. The topological polar surface area (TPSA) is 49.3 Å². The van der Waals surface area contributed by atoms with E-state index >= 15 is 0 Å². The summed E-state index contributed by atoms with van der Waals surface area (Å²) in [6, 6.07) is 9.66. The predicted molar refractivity (Wildman–Crippen MR) is 70.1 cm³/mol. The number of nitrogens with one attached hydrogen (secondary N) is 1. The minimum absolute atomic E-state index is 0.407. The molecule has 1 aliphatic heterocycles. The largest absolute Gasteiger partial charge is 0.481 e. The third-order valence-corrected chi connectivity index (χ3v) is 3.36. The van der Waals surface area contributed by atoms with Gasteiger partial charge in [-0.1, -0.05) is 30.0 Å². The lowest BCUT2D eigenvalue weighted by Gasteiger charge is -2.31. The first-order valence-corrected chi connectivity index (χ1v) is 6.21. The van der Waals surface area contributed by atoms with Crippen LogP contribution < -0.4 is 5.32 Å². The summed E-state index contributed by atoms with van der Waals surface area (Å²) in [5.41, 5.74) is 0.224. The van der Waals surface area contributed by atoms with Crippen molar-refractivity contribution in [3.05, 3.63) is 35.9 Å². The first-order chi connectivity index (χ1) is 8.73. The van der Waals surface area contributed by atoms with Crippen molar-refractivity contribution in [2.45, 2.75) is 19.3 Å². The van der Waals surface area contributed by atoms with Crippen molar-refractivity contribution in [2.24, 2.45) is 5.41 Å². The van der Waals surface area contributed by atoms with Gasteiger partial charge in [0.1, 0.15) is 0 Å². The van der Waals surface area contributed by atoms with Crippen molar-refractivity contribution in [3.8, 4) is 11.8 Å². The van der Waals surface area contributed by atoms with Crippen LogP contribution in [0.5, 0.6) is 0 Å². The van der Waals surface area contributed by atoms with Gasteiger partial charge in [-0.2, -0.15) is 0 Å². The molecule has 1 saturated heterocycles. The van der Waals surface area contributed by atoms with Crippen LogP contribution in [0.15, 0.2) is 30.3 Å². The highest BCUT2D eigenvalue weighted by Gasteiger charge is 2.38. The van der Waals surface area contributed by atoms with Gasteiger partial charge in [-0.05, 0) is 31.5 Å². The summed E-state index contributed by atoms with van der Waals surface area (Å²) in [6.07, 6.45) is 2.02. The minimum Gasteiger partial charge on any atom is -0.481 e. The number of carbonyl (C=O) groups is 1. The van der Waals surface area contributed by atoms with E-state index in [4.69, 9.17) is 0 Å². The standard InChI is InChI=1S/C15H17NO2/c17-14(18)15(10-5-11-16-12-15)9-4-8-13-6-2-1-3-7-13/h1-3,6-7,16H,5,9-12H2,(H,17,18). The van der Waals surface area contributed by atoms with Gasteiger partial charge in [-0.15, -0.1) is 0 Å². The van der Waals surface area contributed by atoms with Crippen molar-refractivity contribution in [2.75, 3.05) is 13.1 Å². The third kappa shape index (κ3) is 2.91. The Morgan fingerprint density at radius 1 is 1.39 bits per heavy atom. The highest BCUT2D eigenvalue weighted by Crippen LogP contribution is 2.30. The first kappa shape index (κ1) is 12.7.